The third kappa shape index (κ3) is 11.0. The van der Waals surface area contributed by atoms with E-state index in [9.17, 15) is 37.5 Å². The van der Waals surface area contributed by atoms with E-state index in [1.165, 1.54) is 31.3 Å². The maximum Gasteiger partial charge on any atom is 0.407 e. The first kappa shape index (κ1) is 49.1. The van der Waals surface area contributed by atoms with Crippen LogP contribution in [0.4, 0.5) is 29.7 Å². The van der Waals surface area contributed by atoms with Gasteiger partial charge in [0, 0.05) is 53.4 Å². The van der Waals surface area contributed by atoms with Crippen LogP contribution in [0.25, 0.3) is 11.6 Å². The van der Waals surface area contributed by atoms with Gasteiger partial charge in [-0.2, -0.15) is 0 Å². The fourth-order valence-electron chi connectivity index (χ4n) is 9.26. The predicted octanol–water partition coefficient (Wildman–Crippen LogP) is 8.45. The van der Waals surface area contributed by atoms with E-state index in [0.717, 1.165) is 29.2 Å². The van der Waals surface area contributed by atoms with E-state index >= 15 is 0 Å². The van der Waals surface area contributed by atoms with Gasteiger partial charge in [-0.3, -0.25) is 19.2 Å². The number of benzene rings is 3. The minimum Gasteiger partial charge on any atom is -0.484 e. The Bertz CT molecular complexity index is 2350. The molecule has 1 saturated heterocycles. The zero-order valence-electron chi connectivity index (χ0n) is 38.8. The van der Waals surface area contributed by atoms with Crippen LogP contribution < -0.4 is 26.0 Å². The second kappa shape index (κ2) is 21.3. The smallest absolute Gasteiger partial charge is 0.407 e. The van der Waals surface area contributed by atoms with Crippen molar-refractivity contribution in [1.29, 1.82) is 0 Å². The summed E-state index contributed by atoms with van der Waals surface area (Å²) in [6.45, 7) is 11.3. The lowest BCUT2D eigenvalue weighted by Crippen LogP contribution is -2.54. The van der Waals surface area contributed by atoms with Crippen LogP contribution in [0.15, 0.2) is 54.6 Å². The zero-order valence-corrected chi connectivity index (χ0v) is 38.8. The van der Waals surface area contributed by atoms with Crippen LogP contribution in [0.5, 0.6) is 5.75 Å². The topological polar surface area (TPSA) is 181 Å². The first-order chi connectivity index (χ1) is 31.4. The van der Waals surface area contributed by atoms with Gasteiger partial charge < -0.3 is 40.4 Å². The lowest BCUT2D eigenvalue weighted by Gasteiger charge is -2.39. The predicted molar refractivity (Wildman–Crippen MR) is 245 cm³/mol. The molecule has 2 heterocycles. The van der Waals surface area contributed by atoms with E-state index in [0.29, 0.717) is 66.9 Å². The van der Waals surface area contributed by atoms with E-state index in [2.05, 4.69) is 21.3 Å². The van der Waals surface area contributed by atoms with E-state index in [-0.39, 0.29) is 41.3 Å². The summed E-state index contributed by atoms with van der Waals surface area (Å²) in [5.41, 5.74) is 4.41. The summed E-state index contributed by atoms with van der Waals surface area (Å²) in [6.07, 6.45) is 3.05. The molecule has 0 saturated carbocycles. The van der Waals surface area contributed by atoms with Gasteiger partial charge in [-0.15, -0.1) is 0 Å². The number of Topliss-reactive ketones (excluding diaryl/α,β-unsaturated/α-hetero) is 1. The van der Waals surface area contributed by atoms with Gasteiger partial charge in [0.15, 0.2) is 5.78 Å². The van der Waals surface area contributed by atoms with Crippen LogP contribution in [-0.2, 0) is 35.1 Å². The second-order valence-electron chi connectivity index (χ2n) is 18.1. The molecule has 1 fully saturated rings. The Hall–Kier alpha value is -6.32. The summed E-state index contributed by atoms with van der Waals surface area (Å²) in [6, 6.07) is 11.5. The number of methoxy groups -OCH3 is 2. The summed E-state index contributed by atoms with van der Waals surface area (Å²) >= 11 is 0. The largest absolute Gasteiger partial charge is 0.484 e. The molecule has 5 amide bonds. The van der Waals surface area contributed by atoms with Crippen LogP contribution in [0.3, 0.4) is 0 Å². The summed E-state index contributed by atoms with van der Waals surface area (Å²) < 4.78 is 45.7. The molecule has 0 aromatic heterocycles. The number of fused-ring (bicyclic) bond motifs is 4. The number of ketones is 1. The molecular weight excluding hydrogens is 853 g/mol. The van der Waals surface area contributed by atoms with Crippen molar-refractivity contribution in [2.24, 2.45) is 29.6 Å². The molecule has 1 aliphatic carbocycles. The number of nitrogens with one attached hydrogen (secondary N) is 4. The Morgan fingerprint density at radius 3 is 2.09 bits per heavy atom. The molecular formula is C50H61F2N5O9. The van der Waals surface area contributed by atoms with Gasteiger partial charge in [0.2, 0.25) is 17.7 Å². The second-order valence-corrected chi connectivity index (χ2v) is 18.1. The van der Waals surface area contributed by atoms with Gasteiger partial charge in [-0.05, 0) is 96.2 Å². The fraction of sp³-hybridized carbons (Fsp3) is 0.480. The summed E-state index contributed by atoms with van der Waals surface area (Å²) in [7, 11) is 2.44. The van der Waals surface area contributed by atoms with Gasteiger partial charge in [0.25, 0.3) is 0 Å². The third-order valence-electron chi connectivity index (χ3n) is 12.9. The minimum absolute atomic E-state index is 0.255. The number of carbonyl (C=O) groups is 6. The maximum absolute atomic E-state index is 14.8. The van der Waals surface area contributed by atoms with Crippen LogP contribution in [0, 0.1) is 41.2 Å². The number of hydrogen-bond donors (Lipinski definition) is 4. The number of anilines is 2. The molecule has 3 aromatic rings. The van der Waals surface area contributed by atoms with E-state index < -0.39 is 59.9 Å². The van der Waals surface area contributed by atoms with Crippen molar-refractivity contribution in [3.63, 3.8) is 0 Å². The molecule has 2 unspecified atom stereocenters. The molecule has 16 heteroatoms. The number of nitrogens with zero attached hydrogens (tertiary/aromatic N) is 1. The van der Waals surface area contributed by atoms with Gasteiger partial charge in [0.05, 0.1) is 20.3 Å². The Morgan fingerprint density at radius 1 is 0.818 bits per heavy atom. The van der Waals surface area contributed by atoms with E-state index in [1.807, 2.05) is 31.2 Å². The number of amides is 5. The molecule has 3 aromatic carbocycles. The normalized spacial score (nSPS) is 19.1. The van der Waals surface area contributed by atoms with Gasteiger partial charge in [-0.25, -0.2) is 18.4 Å². The highest BCUT2D eigenvalue weighted by molar-refractivity contribution is 6.01. The summed E-state index contributed by atoms with van der Waals surface area (Å²) in [5, 5.41) is 11.2. The number of unbranched alkanes of at least 4 members (excludes halogenated alkanes) is 1. The van der Waals surface area contributed by atoms with E-state index in [4.69, 9.17) is 14.2 Å². The lowest BCUT2D eigenvalue weighted by molar-refractivity contribution is -0.139. The van der Waals surface area contributed by atoms with Crippen LogP contribution in [0.1, 0.15) is 102 Å². The molecule has 2 aliphatic heterocycles. The zero-order chi connectivity index (χ0) is 48.0. The molecule has 3 aliphatic rings. The Kier molecular flexibility index (Phi) is 15.9. The molecule has 14 nitrogen and oxygen atoms in total. The van der Waals surface area contributed by atoms with Crippen molar-refractivity contribution >= 4 is 58.7 Å². The van der Waals surface area contributed by atoms with Crippen LogP contribution in [0.2, 0.25) is 0 Å². The lowest BCUT2D eigenvalue weighted by atomic mass is 9.74. The van der Waals surface area contributed by atoms with Crippen molar-refractivity contribution in [3.05, 3.63) is 88.5 Å². The van der Waals surface area contributed by atoms with Crippen LogP contribution in [-0.4, -0.2) is 79.5 Å². The number of alkyl carbamates (subject to hydrolysis) is 2. The highest BCUT2D eigenvalue weighted by atomic mass is 19.1. The highest BCUT2D eigenvalue weighted by Crippen LogP contribution is 2.51. The van der Waals surface area contributed by atoms with E-state index in [1.54, 1.807) is 52.8 Å². The SMILES string of the molecule is CCCC[C@@H](C(=O)Nc1ccc2c(c1)O[C@@H](c1cc(F)cc(F)c1)C1Cc3ccc(NC(=O)[C@@H]4CCCN4C(=O)[C@@H](NC(=O)OC)C(C)C)cc3C=C21)C(C)C(=O)[C@@H](NC(=O)OC)C(C)C. The van der Waals surface area contributed by atoms with Crippen molar-refractivity contribution in [3.8, 4) is 5.75 Å². The monoisotopic (exact) mass is 913 g/mol. The minimum atomic E-state index is -0.875. The molecule has 7 atom stereocenters. The van der Waals surface area contributed by atoms with Crippen molar-refractivity contribution < 1.29 is 51.8 Å². The number of ether oxygens (including phenoxy) is 3. The summed E-state index contributed by atoms with van der Waals surface area (Å²) in [5.74, 6) is -4.93. The number of hydrogen-bond acceptors (Lipinski definition) is 9. The molecule has 4 N–H and O–H groups in total. The number of rotatable bonds is 16. The number of likely N-dealkylation sites (tertiary alicyclic amines) is 1. The first-order valence-electron chi connectivity index (χ1n) is 22.7. The van der Waals surface area contributed by atoms with Crippen molar-refractivity contribution in [2.45, 2.75) is 104 Å². The van der Waals surface area contributed by atoms with Gasteiger partial charge >= 0.3 is 12.2 Å². The number of halogens is 2. The molecule has 0 bridgehead atoms. The maximum atomic E-state index is 14.8. The summed E-state index contributed by atoms with van der Waals surface area (Å²) in [4.78, 5) is 81.0. The quantitative estimate of drug-likeness (QED) is 0.110. The van der Waals surface area contributed by atoms with Crippen molar-refractivity contribution in [1.82, 2.24) is 15.5 Å². The first-order valence-corrected chi connectivity index (χ1v) is 22.7. The Balaban J connectivity index is 1.29. The van der Waals surface area contributed by atoms with Crippen LogP contribution >= 0.6 is 0 Å². The average Bonchev–Trinajstić information content (AvgIpc) is 3.78. The highest BCUT2D eigenvalue weighted by Gasteiger charge is 2.41. The van der Waals surface area contributed by atoms with Gasteiger partial charge in [0.1, 0.15) is 35.6 Å². The molecule has 0 radical (unpaired) electrons. The Labute approximate surface area is 384 Å². The molecule has 66 heavy (non-hydrogen) atoms. The third-order valence-corrected chi connectivity index (χ3v) is 12.9. The molecule has 0 spiro atoms. The fourth-order valence-corrected chi connectivity index (χ4v) is 9.26. The standard InChI is InChI=1S/C50H61F2N5O9/c1-9-10-12-36(28(6)44(58)42(26(2)3)55-49(62)64-7)46(59)53-35-16-17-37-38-23-30-21-34(54-47(60)40-13-11-18-57(40)48(61)43(27(4)5)56-50(63)65-8)15-14-29(30)22-39(38)45(66-41(37)25-35)31-19-32(51)24-33(52)20-31/h14-17,19-21,23-28,36,39-40,42-43,45H,9-13,18,22H2,1-8H3,(H,53,59)(H,54,60)(H,55,62)(H,56,63)/t28?,36-,39?,40+,42+,43+,45+/m1/s1. The average molecular weight is 914 g/mol. The molecule has 354 valence electrons. The van der Waals surface area contributed by atoms with Gasteiger partial charge in [-0.1, -0.05) is 66.5 Å². The Morgan fingerprint density at radius 2 is 1.45 bits per heavy atom. The van der Waals surface area contributed by atoms with Crippen molar-refractivity contribution in [2.75, 3.05) is 31.4 Å². The molecule has 6 rings (SSSR count). The number of carbonyl (C=O) groups excluding carboxylic acids is 6.